The van der Waals surface area contributed by atoms with E-state index >= 15 is 0 Å². The topological polar surface area (TPSA) is 75.5 Å². The van der Waals surface area contributed by atoms with E-state index in [1.54, 1.807) is 44.6 Å². The standard InChI is InChI=1S/C15H18N2O4/c1-11-5-6-13(14(18)16-11)15(19)17(7-9-20-2)10-12-4-3-8-21-12/h3-6,8H,7,9-10H2,1-2H3,(H,16,18). The van der Waals surface area contributed by atoms with Gasteiger partial charge in [-0.05, 0) is 31.2 Å². The molecule has 0 spiro atoms. The Morgan fingerprint density at radius 1 is 1.38 bits per heavy atom. The molecule has 0 aliphatic carbocycles. The first-order valence-electron chi connectivity index (χ1n) is 6.62. The van der Waals surface area contributed by atoms with E-state index in [0.717, 1.165) is 0 Å². The summed E-state index contributed by atoms with van der Waals surface area (Å²) in [5, 5.41) is 0. The predicted octanol–water partition coefficient (Wildman–Crippen LogP) is 1.57. The molecule has 0 unspecified atom stereocenters. The van der Waals surface area contributed by atoms with E-state index in [-0.39, 0.29) is 17.0 Å². The summed E-state index contributed by atoms with van der Waals surface area (Å²) in [6, 6.07) is 6.79. The molecule has 1 N–H and O–H groups in total. The molecule has 0 saturated heterocycles. The van der Waals surface area contributed by atoms with Crippen LogP contribution in [0.25, 0.3) is 0 Å². The van der Waals surface area contributed by atoms with Crippen LogP contribution in [0.5, 0.6) is 0 Å². The second-order valence-electron chi connectivity index (χ2n) is 4.68. The van der Waals surface area contributed by atoms with E-state index in [1.807, 2.05) is 0 Å². The number of rotatable bonds is 6. The number of carbonyl (C=O) groups excluding carboxylic acids is 1. The number of furan rings is 1. The van der Waals surface area contributed by atoms with Crippen LogP contribution in [-0.2, 0) is 11.3 Å². The van der Waals surface area contributed by atoms with Crippen LogP contribution < -0.4 is 5.56 Å². The van der Waals surface area contributed by atoms with Gasteiger partial charge in [-0.15, -0.1) is 0 Å². The number of aromatic amines is 1. The Balaban J connectivity index is 2.22. The fraction of sp³-hybridized carbons (Fsp3) is 0.333. The molecule has 2 rings (SSSR count). The third kappa shape index (κ3) is 3.82. The highest BCUT2D eigenvalue weighted by molar-refractivity contribution is 5.93. The lowest BCUT2D eigenvalue weighted by Gasteiger charge is -2.21. The minimum Gasteiger partial charge on any atom is -0.467 e. The highest BCUT2D eigenvalue weighted by Crippen LogP contribution is 2.09. The number of methoxy groups -OCH3 is 1. The number of nitrogens with zero attached hydrogens (tertiary/aromatic N) is 1. The monoisotopic (exact) mass is 290 g/mol. The summed E-state index contributed by atoms with van der Waals surface area (Å²) in [7, 11) is 1.56. The van der Waals surface area contributed by atoms with Gasteiger partial charge in [-0.2, -0.15) is 0 Å². The number of H-pyrrole nitrogens is 1. The Morgan fingerprint density at radius 2 is 2.19 bits per heavy atom. The van der Waals surface area contributed by atoms with E-state index in [9.17, 15) is 9.59 Å². The van der Waals surface area contributed by atoms with Gasteiger partial charge in [0.1, 0.15) is 11.3 Å². The molecular weight excluding hydrogens is 272 g/mol. The lowest BCUT2D eigenvalue weighted by molar-refractivity contribution is 0.0664. The second kappa shape index (κ2) is 6.90. The van der Waals surface area contributed by atoms with E-state index in [1.165, 1.54) is 4.90 Å². The zero-order valence-electron chi connectivity index (χ0n) is 12.1. The summed E-state index contributed by atoms with van der Waals surface area (Å²) < 4.78 is 10.3. The summed E-state index contributed by atoms with van der Waals surface area (Å²) >= 11 is 0. The molecule has 2 aromatic heterocycles. The van der Waals surface area contributed by atoms with Crippen molar-refractivity contribution in [3.05, 3.63) is 57.9 Å². The van der Waals surface area contributed by atoms with Crippen LogP contribution >= 0.6 is 0 Å². The molecule has 0 aliphatic heterocycles. The average molecular weight is 290 g/mol. The highest BCUT2D eigenvalue weighted by atomic mass is 16.5. The number of hydrogen-bond acceptors (Lipinski definition) is 4. The van der Waals surface area contributed by atoms with Crippen molar-refractivity contribution in [2.75, 3.05) is 20.3 Å². The molecule has 6 nitrogen and oxygen atoms in total. The zero-order chi connectivity index (χ0) is 15.2. The molecule has 1 amide bonds. The minimum atomic E-state index is -0.387. The van der Waals surface area contributed by atoms with Crippen molar-refractivity contribution >= 4 is 5.91 Å². The second-order valence-corrected chi connectivity index (χ2v) is 4.68. The summed E-state index contributed by atoms with van der Waals surface area (Å²) in [4.78, 5) is 28.6. The van der Waals surface area contributed by atoms with Crippen LogP contribution in [0.15, 0.2) is 39.7 Å². The highest BCUT2D eigenvalue weighted by Gasteiger charge is 2.19. The Hall–Kier alpha value is -2.34. The molecule has 0 atom stereocenters. The molecule has 0 bridgehead atoms. The minimum absolute atomic E-state index is 0.114. The predicted molar refractivity (Wildman–Crippen MR) is 77.1 cm³/mol. The Kier molecular flexibility index (Phi) is 4.94. The normalized spacial score (nSPS) is 10.6. The SMILES string of the molecule is COCCN(Cc1ccco1)C(=O)c1ccc(C)[nH]c1=O. The van der Waals surface area contributed by atoms with Gasteiger partial charge in [0.2, 0.25) is 0 Å². The number of hydrogen-bond donors (Lipinski definition) is 1. The van der Waals surface area contributed by atoms with E-state index in [4.69, 9.17) is 9.15 Å². The summed E-state index contributed by atoms with van der Waals surface area (Å²) in [5.74, 6) is 0.313. The number of ether oxygens (including phenoxy) is 1. The first kappa shape index (κ1) is 15.1. The van der Waals surface area contributed by atoms with Crippen molar-refractivity contribution in [2.45, 2.75) is 13.5 Å². The van der Waals surface area contributed by atoms with Crippen molar-refractivity contribution < 1.29 is 13.9 Å². The summed E-state index contributed by atoms with van der Waals surface area (Å²) in [5.41, 5.74) is 0.441. The van der Waals surface area contributed by atoms with Crippen LogP contribution in [-0.4, -0.2) is 36.1 Å². The number of pyridine rings is 1. The van der Waals surface area contributed by atoms with Crippen molar-refractivity contribution in [3.63, 3.8) is 0 Å². The Bertz CT molecular complexity index is 646. The molecule has 2 aromatic rings. The van der Waals surface area contributed by atoms with Gasteiger partial charge in [0, 0.05) is 19.3 Å². The van der Waals surface area contributed by atoms with Gasteiger partial charge in [0.25, 0.3) is 11.5 Å². The van der Waals surface area contributed by atoms with Crippen LogP contribution in [0.3, 0.4) is 0 Å². The van der Waals surface area contributed by atoms with Gasteiger partial charge in [-0.3, -0.25) is 9.59 Å². The van der Waals surface area contributed by atoms with Crippen molar-refractivity contribution in [1.82, 2.24) is 9.88 Å². The lowest BCUT2D eigenvalue weighted by Crippen LogP contribution is -2.36. The first-order chi connectivity index (χ1) is 10.1. The Labute approximate surface area is 122 Å². The van der Waals surface area contributed by atoms with Gasteiger partial charge in [0.05, 0.1) is 19.4 Å². The van der Waals surface area contributed by atoms with E-state index in [2.05, 4.69) is 4.98 Å². The number of aromatic nitrogens is 1. The van der Waals surface area contributed by atoms with Crippen LogP contribution in [0.1, 0.15) is 21.8 Å². The number of carbonyl (C=O) groups is 1. The molecule has 6 heteroatoms. The maximum absolute atomic E-state index is 12.5. The van der Waals surface area contributed by atoms with Crippen LogP contribution in [0.4, 0.5) is 0 Å². The molecule has 0 fully saturated rings. The largest absolute Gasteiger partial charge is 0.467 e. The third-order valence-corrected chi connectivity index (χ3v) is 3.07. The van der Waals surface area contributed by atoms with E-state index in [0.29, 0.717) is 31.2 Å². The molecular formula is C15H18N2O4. The fourth-order valence-corrected chi connectivity index (χ4v) is 1.96. The molecule has 0 saturated carbocycles. The summed E-state index contributed by atoms with van der Waals surface area (Å²) in [6.07, 6.45) is 1.55. The summed E-state index contributed by atoms with van der Waals surface area (Å²) in [6.45, 7) is 2.82. The quantitative estimate of drug-likeness (QED) is 0.876. The van der Waals surface area contributed by atoms with Gasteiger partial charge in [0.15, 0.2) is 0 Å². The molecule has 0 radical (unpaired) electrons. The van der Waals surface area contributed by atoms with Gasteiger partial charge in [-0.1, -0.05) is 0 Å². The van der Waals surface area contributed by atoms with Gasteiger partial charge >= 0.3 is 0 Å². The average Bonchev–Trinajstić information content (AvgIpc) is 2.95. The van der Waals surface area contributed by atoms with Crippen molar-refractivity contribution in [3.8, 4) is 0 Å². The lowest BCUT2D eigenvalue weighted by atomic mass is 10.2. The maximum Gasteiger partial charge on any atom is 0.260 e. The van der Waals surface area contributed by atoms with Crippen LogP contribution in [0, 0.1) is 6.92 Å². The molecule has 0 aromatic carbocycles. The van der Waals surface area contributed by atoms with Gasteiger partial charge < -0.3 is 19.0 Å². The number of aryl methyl sites for hydroxylation is 1. The fourth-order valence-electron chi connectivity index (χ4n) is 1.96. The van der Waals surface area contributed by atoms with Gasteiger partial charge in [-0.25, -0.2) is 0 Å². The molecule has 112 valence electrons. The maximum atomic E-state index is 12.5. The number of nitrogens with one attached hydrogen (secondary N) is 1. The molecule has 21 heavy (non-hydrogen) atoms. The molecule has 2 heterocycles. The first-order valence-corrected chi connectivity index (χ1v) is 6.62. The third-order valence-electron chi connectivity index (χ3n) is 3.07. The van der Waals surface area contributed by atoms with Crippen molar-refractivity contribution in [1.29, 1.82) is 0 Å². The number of amides is 1. The molecule has 0 aliphatic rings. The smallest absolute Gasteiger partial charge is 0.260 e. The Morgan fingerprint density at radius 3 is 2.81 bits per heavy atom. The van der Waals surface area contributed by atoms with Crippen molar-refractivity contribution in [2.24, 2.45) is 0 Å². The van der Waals surface area contributed by atoms with Crippen LogP contribution in [0.2, 0.25) is 0 Å². The van der Waals surface area contributed by atoms with E-state index < -0.39 is 0 Å². The zero-order valence-corrected chi connectivity index (χ0v) is 12.1.